The molecular weight excluding hydrogens is 721 g/mol. The van der Waals surface area contributed by atoms with Crippen molar-refractivity contribution < 1.29 is 28.6 Å². The molecule has 0 saturated heterocycles. The minimum absolute atomic E-state index is 0.0627. The predicted molar refractivity (Wildman–Crippen MR) is 247 cm³/mol. The maximum Gasteiger partial charge on any atom is 0.306 e. The van der Waals surface area contributed by atoms with Gasteiger partial charge in [0.2, 0.25) is 0 Å². The Labute approximate surface area is 361 Å². The number of unbranched alkanes of at least 4 members (excludes halogenated alkanes) is 34. The van der Waals surface area contributed by atoms with Crippen LogP contribution in [0.5, 0.6) is 0 Å². The molecule has 0 rings (SSSR count). The van der Waals surface area contributed by atoms with Gasteiger partial charge in [-0.3, -0.25) is 14.4 Å². The van der Waals surface area contributed by atoms with E-state index in [-0.39, 0.29) is 31.1 Å². The highest BCUT2D eigenvalue weighted by Gasteiger charge is 2.19. The van der Waals surface area contributed by atoms with Crippen LogP contribution in [0.15, 0.2) is 0 Å². The average Bonchev–Trinajstić information content (AvgIpc) is 3.21. The van der Waals surface area contributed by atoms with E-state index < -0.39 is 6.10 Å². The fourth-order valence-corrected chi connectivity index (χ4v) is 7.86. The molecule has 0 aromatic rings. The molecule has 0 aromatic heterocycles. The summed E-state index contributed by atoms with van der Waals surface area (Å²) in [6.07, 6.45) is 48.0. The molecule has 0 radical (unpaired) electrons. The zero-order chi connectivity index (χ0) is 42.4. The van der Waals surface area contributed by atoms with Crippen LogP contribution in [0, 0.1) is 5.92 Å². The smallest absolute Gasteiger partial charge is 0.306 e. The Morgan fingerprint density at radius 3 is 0.845 bits per heavy atom. The first kappa shape index (κ1) is 56.4. The van der Waals surface area contributed by atoms with Gasteiger partial charge in [-0.25, -0.2) is 0 Å². The summed E-state index contributed by atoms with van der Waals surface area (Å²) in [5.41, 5.74) is 0. The van der Waals surface area contributed by atoms with Gasteiger partial charge in [-0.15, -0.1) is 0 Å². The van der Waals surface area contributed by atoms with Crippen LogP contribution in [0.25, 0.3) is 0 Å². The molecule has 0 aromatic carbocycles. The number of rotatable bonds is 47. The molecule has 0 fully saturated rings. The van der Waals surface area contributed by atoms with E-state index in [1.54, 1.807) is 0 Å². The Bertz CT molecular complexity index is 872. The molecule has 6 heteroatoms. The summed E-state index contributed by atoms with van der Waals surface area (Å²) in [6, 6.07) is 0. The van der Waals surface area contributed by atoms with Crippen LogP contribution >= 0.6 is 0 Å². The molecule has 0 unspecified atom stereocenters. The van der Waals surface area contributed by atoms with Crippen molar-refractivity contribution in [3.63, 3.8) is 0 Å². The number of hydrogen-bond acceptors (Lipinski definition) is 6. The quantitative estimate of drug-likeness (QED) is 0.0346. The third-order valence-electron chi connectivity index (χ3n) is 11.8. The van der Waals surface area contributed by atoms with Gasteiger partial charge in [-0.1, -0.05) is 252 Å². The Kier molecular flexibility index (Phi) is 45.2. The van der Waals surface area contributed by atoms with Crippen molar-refractivity contribution in [1.82, 2.24) is 0 Å². The Balaban J connectivity index is 4.26. The third kappa shape index (κ3) is 45.5. The molecule has 0 bridgehead atoms. The second kappa shape index (κ2) is 46.5. The minimum Gasteiger partial charge on any atom is -0.462 e. The first-order valence-corrected chi connectivity index (χ1v) is 25.9. The van der Waals surface area contributed by atoms with Crippen molar-refractivity contribution in [2.45, 2.75) is 297 Å². The minimum atomic E-state index is -0.759. The third-order valence-corrected chi connectivity index (χ3v) is 11.8. The summed E-state index contributed by atoms with van der Waals surface area (Å²) < 4.78 is 16.8. The molecule has 0 N–H and O–H groups in total. The highest BCUT2D eigenvalue weighted by Crippen LogP contribution is 2.17. The van der Waals surface area contributed by atoms with E-state index in [0.29, 0.717) is 19.3 Å². The zero-order valence-electron chi connectivity index (χ0n) is 39.5. The maximum absolute atomic E-state index is 12.7. The van der Waals surface area contributed by atoms with Crippen molar-refractivity contribution in [2.75, 3.05) is 13.2 Å². The maximum atomic E-state index is 12.7. The van der Waals surface area contributed by atoms with Crippen molar-refractivity contribution in [2.24, 2.45) is 5.92 Å². The lowest BCUT2D eigenvalue weighted by Gasteiger charge is -2.18. The number of carbonyl (C=O) groups excluding carboxylic acids is 3. The van der Waals surface area contributed by atoms with Crippen LogP contribution in [0.1, 0.15) is 291 Å². The molecule has 0 amide bonds. The normalized spacial score (nSPS) is 11.9. The number of esters is 3. The van der Waals surface area contributed by atoms with Crippen molar-refractivity contribution in [3.8, 4) is 0 Å². The fourth-order valence-electron chi connectivity index (χ4n) is 7.86. The number of ether oxygens (including phenoxy) is 3. The molecular formula is C52H100O6. The molecule has 0 aliphatic carbocycles. The van der Waals surface area contributed by atoms with Gasteiger partial charge in [0.05, 0.1) is 0 Å². The standard InChI is InChI=1S/C52H100O6/c1-5-7-9-11-13-15-17-24-27-31-35-39-43-50(53)56-46-49(58-52(55)45-41-37-33-29-22-16-14-12-10-8-6-2)47-57-51(54)44-40-36-32-28-25-21-19-18-20-23-26-30-34-38-42-48(3)4/h48-49H,5-47H2,1-4H3/t49-/m1/s1. The van der Waals surface area contributed by atoms with Crippen molar-refractivity contribution in [1.29, 1.82) is 0 Å². The topological polar surface area (TPSA) is 78.9 Å². The lowest BCUT2D eigenvalue weighted by atomic mass is 10.0. The van der Waals surface area contributed by atoms with Gasteiger partial charge in [-0.05, 0) is 25.2 Å². The monoisotopic (exact) mass is 821 g/mol. The summed E-state index contributed by atoms with van der Waals surface area (Å²) >= 11 is 0. The van der Waals surface area contributed by atoms with E-state index in [2.05, 4.69) is 27.7 Å². The van der Waals surface area contributed by atoms with Gasteiger partial charge in [0.25, 0.3) is 0 Å². The largest absolute Gasteiger partial charge is 0.462 e. The van der Waals surface area contributed by atoms with Gasteiger partial charge in [0.1, 0.15) is 13.2 Å². The van der Waals surface area contributed by atoms with Gasteiger partial charge < -0.3 is 14.2 Å². The number of hydrogen-bond donors (Lipinski definition) is 0. The van der Waals surface area contributed by atoms with Crippen LogP contribution in [0.4, 0.5) is 0 Å². The van der Waals surface area contributed by atoms with Crippen molar-refractivity contribution in [3.05, 3.63) is 0 Å². The lowest BCUT2D eigenvalue weighted by molar-refractivity contribution is -0.167. The van der Waals surface area contributed by atoms with Crippen LogP contribution in [-0.4, -0.2) is 37.2 Å². The summed E-state index contributed by atoms with van der Waals surface area (Å²) in [5, 5.41) is 0. The Morgan fingerprint density at radius 1 is 0.328 bits per heavy atom. The number of carbonyl (C=O) groups is 3. The molecule has 0 spiro atoms. The fraction of sp³-hybridized carbons (Fsp3) is 0.942. The van der Waals surface area contributed by atoms with Gasteiger partial charge in [0, 0.05) is 19.3 Å². The van der Waals surface area contributed by atoms with Crippen LogP contribution in [0.2, 0.25) is 0 Å². The predicted octanol–water partition coefficient (Wildman–Crippen LogP) is 16.7. The molecule has 0 heterocycles. The first-order chi connectivity index (χ1) is 28.4. The van der Waals surface area contributed by atoms with E-state index >= 15 is 0 Å². The summed E-state index contributed by atoms with van der Waals surface area (Å²) in [4.78, 5) is 37.9. The van der Waals surface area contributed by atoms with Crippen LogP contribution in [0.3, 0.4) is 0 Å². The summed E-state index contributed by atoms with van der Waals surface area (Å²) in [6.45, 7) is 9.03. The first-order valence-electron chi connectivity index (χ1n) is 25.9. The molecule has 0 aliphatic heterocycles. The van der Waals surface area contributed by atoms with E-state index in [1.807, 2.05) is 0 Å². The highest BCUT2D eigenvalue weighted by atomic mass is 16.6. The average molecular weight is 821 g/mol. The van der Waals surface area contributed by atoms with Crippen LogP contribution < -0.4 is 0 Å². The molecule has 0 saturated carbocycles. The van der Waals surface area contributed by atoms with Gasteiger partial charge in [0.15, 0.2) is 6.10 Å². The summed E-state index contributed by atoms with van der Waals surface area (Å²) in [7, 11) is 0. The SMILES string of the molecule is CCCCCCCCCCCCCCC(=O)OC[C@H](COC(=O)CCCCCCCCCCCCCCCCC(C)C)OC(=O)CCCCCCCCCCCCC. The van der Waals surface area contributed by atoms with Crippen LogP contribution in [-0.2, 0) is 28.6 Å². The van der Waals surface area contributed by atoms with E-state index in [4.69, 9.17) is 14.2 Å². The van der Waals surface area contributed by atoms with E-state index in [0.717, 1.165) is 63.7 Å². The molecule has 6 nitrogen and oxygen atoms in total. The van der Waals surface area contributed by atoms with E-state index in [1.165, 1.54) is 186 Å². The van der Waals surface area contributed by atoms with Gasteiger partial charge >= 0.3 is 17.9 Å². The molecule has 344 valence electrons. The van der Waals surface area contributed by atoms with E-state index in [9.17, 15) is 14.4 Å². The molecule has 1 atom stereocenters. The Morgan fingerprint density at radius 2 is 0.569 bits per heavy atom. The van der Waals surface area contributed by atoms with Crippen molar-refractivity contribution >= 4 is 17.9 Å². The second-order valence-corrected chi connectivity index (χ2v) is 18.3. The highest BCUT2D eigenvalue weighted by molar-refractivity contribution is 5.71. The molecule has 0 aliphatic rings. The van der Waals surface area contributed by atoms with Gasteiger partial charge in [-0.2, -0.15) is 0 Å². The second-order valence-electron chi connectivity index (χ2n) is 18.3. The zero-order valence-corrected chi connectivity index (χ0v) is 39.5. The molecule has 58 heavy (non-hydrogen) atoms. The lowest BCUT2D eigenvalue weighted by Crippen LogP contribution is -2.30. The Hall–Kier alpha value is -1.59. The summed E-state index contributed by atoms with van der Waals surface area (Å²) in [5.74, 6) is 0.0000314.